The van der Waals surface area contributed by atoms with Crippen LogP contribution in [0.15, 0.2) is 0 Å². The van der Waals surface area contributed by atoms with E-state index in [1.54, 1.807) is 0 Å². The van der Waals surface area contributed by atoms with Gasteiger partial charge >= 0.3 is 0 Å². The lowest BCUT2D eigenvalue weighted by atomic mass is 10.2. The molecule has 0 aliphatic rings. The molecule has 0 saturated carbocycles. The van der Waals surface area contributed by atoms with Crippen molar-refractivity contribution in [2.45, 2.75) is 12.8 Å². The molecule has 0 spiro atoms. The van der Waals surface area contributed by atoms with Crippen LogP contribution >= 0.6 is 23.2 Å². The maximum atomic E-state index is 5.71. The van der Waals surface area contributed by atoms with Gasteiger partial charge in [-0.1, -0.05) is 11.6 Å². The van der Waals surface area contributed by atoms with Gasteiger partial charge in [-0.15, -0.1) is 0 Å². The Morgan fingerprint density at radius 2 is 2.18 bits per heavy atom. The molecule has 0 aliphatic carbocycles. The van der Waals surface area contributed by atoms with E-state index in [1.807, 2.05) is 0 Å². The van der Waals surface area contributed by atoms with E-state index in [0.29, 0.717) is 17.0 Å². The summed E-state index contributed by atoms with van der Waals surface area (Å²) in [6.45, 7) is 0.646. The van der Waals surface area contributed by atoms with Crippen molar-refractivity contribution in [2.24, 2.45) is 5.73 Å². The second-order valence-electron chi connectivity index (χ2n) is 2.19. The summed E-state index contributed by atoms with van der Waals surface area (Å²) in [5.74, 6) is 0. The minimum atomic E-state index is 0.335. The predicted octanol–water partition coefficient (Wildman–Crippen LogP) is 1.61. The molecular formula is C6H9Cl2N3. The molecule has 1 aromatic heterocycles. The quantitative estimate of drug-likeness (QED) is 0.767. The summed E-state index contributed by atoms with van der Waals surface area (Å²) >= 11 is 11.3. The highest BCUT2D eigenvalue weighted by Gasteiger charge is 2.04. The fourth-order valence-corrected chi connectivity index (χ4v) is 1.27. The van der Waals surface area contributed by atoms with Crippen LogP contribution < -0.4 is 5.73 Å². The Kier molecular flexibility index (Phi) is 3.17. The van der Waals surface area contributed by atoms with Crippen molar-refractivity contribution in [3.05, 3.63) is 16.1 Å². The van der Waals surface area contributed by atoms with Gasteiger partial charge in [0.1, 0.15) is 0 Å². The first-order chi connectivity index (χ1) is 5.24. The van der Waals surface area contributed by atoms with Crippen molar-refractivity contribution in [2.75, 3.05) is 6.54 Å². The van der Waals surface area contributed by atoms with Crippen molar-refractivity contribution in [1.29, 1.82) is 0 Å². The van der Waals surface area contributed by atoms with Gasteiger partial charge in [0.15, 0.2) is 5.15 Å². The zero-order valence-electron chi connectivity index (χ0n) is 5.90. The summed E-state index contributed by atoms with van der Waals surface area (Å²) in [6.07, 6.45) is 1.69. The molecule has 1 heterocycles. The normalized spacial score (nSPS) is 10.5. The van der Waals surface area contributed by atoms with Crippen LogP contribution in [0.3, 0.4) is 0 Å². The van der Waals surface area contributed by atoms with E-state index in [-0.39, 0.29) is 0 Å². The maximum Gasteiger partial charge on any atom is 0.201 e. The molecule has 0 aliphatic heterocycles. The monoisotopic (exact) mass is 193 g/mol. The first-order valence-electron chi connectivity index (χ1n) is 3.34. The van der Waals surface area contributed by atoms with Crippen LogP contribution in [0, 0.1) is 0 Å². The number of aromatic amines is 1. The van der Waals surface area contributed by atoms with Gasteiger partial charge < -0.3 is 10.7 Å². The van der Waals surface area contributed by atoms with Crippen molar-refractivity contribution < 1.29 is 0 Å². The van der Waals surface area contributed by atoms with E-state index in [0.717, 1.165) is 18.5 Å². The molecule has 0 aromatic carbocycles. The van der Waals surface area contributed by atoms with E-state index in [9.17, 15) is 0 Å². The van der Waals surface area contributed by atoms with Crippen LogP contribution in [0.4, 0.5) is 0 Å². The number of nitrogens with zero attached hydrogens (tertiary/aromatic N) is 1. The average molecular weight is 194 g/mol. The summed E-state index contributed by atoms with van der Waals surface area (Å²) in [5.41, 5.74) is 6.19. The Morgan fingerprint density at radius 3 is 2.64 bits per heavy atom. The molecule has 62 valence electrons. The minimum Gasteiger partial charge on any atom is -0.331 e. The Bertz CT molecular complexity index is 234. The molecule has 3 N–H and O–H groups in total. The number of H-pyrrole nitrogens is 1. The van der Waals surface area contributed by atoms with Crippen molar-refractivity contribution in [3.63, 3.8) is 0 Å². The highest BCUT2D eigenvalue weighted by Crippen LogP contribution is 2.16. The van der Waals surface area contributed by atoms with E-state index < -0.39 is 0 Å². The Labute approximate surface area is 74.9 Å². The zero-order chi connectivity index (χ0) is 8.27. The molecule has 0 fully saturated rings. The minimum absolute atomic E-state index is 0.335. The highest BCUT2D eigenvalue weighted by molar-refractivity contribution is 6.32. The molecule has 0 atom stereocenters. The fourth-order valence-electron chi connectivity index (χ4n) is 0.802. The molecule has 0 unspecified atom stereocenters. The third kappa shape index (κ3) is 2.36. The number of aryl methyl sites for hydroxylation is 1. The van der Waals surface area contributed by atoms with Crippen LogP contribution in [-0.4, -0.2) is 16.5 Å². The first kappa shape index (κ1) is 8.84. The third-order valence-electron chi connectivity index (χ3n) is 1.33. The summed E-state index contributed by atoms with van der Waals surface area (Å²) in [5, 5.41) is 0.783. The van der Waals surface area contributed by atoms with E-state index in [4.69, 9.17) is 28.9 Å². The molecular weight excluding hydrogens is 185 g/mol. The van der Waals surface area contributed by atoms with E-state index in [1.165, 1.54) is 0 Å². The number of nitrogens with two attached hydrogens (primary N) is 1. The molecule has 1 rings (SSSR count). The van der Waals surface area contributed by atoms with E-state index >= 15 is 0 Å². The number of rotatable bonds is 3. The largest absolute Gasteiger partial charge is 0.331 e. The average Bonchev–Trinajstić information content (AvgIpc) is 2.26. The number of hydrogen-bond donors (Lipinski definition) is 2. The van der Waals surface area contributed by atoms with E-state index in [2.05, 4.69) is 9.97 Å². The lowest BCUT2D eigenvalue weighted by molar-refractivity contribution is 0.816. The second-order valence-corrected chi connectivity index (χ2v) is 2.91. The van der Waals surface area contributed by atoms with Gasteiger partial charge in [0.05, 0.1) is 5.69 Å². The topological polar surface area (TPSA) is 54.7 Å². The number of aromatic nitrogens is 2. The number of nitrogens with one attached hydrogen (secondary N) is 1. The van der Waals surface area contributed by atoms with Gasteiger partial charge in [-0.25, -0.2) is 4.98 Å². The molecule has 0 amide bonds. The molecule has 0 bridgehead atoms. The molecule has 1 aromatic rings. The van der Waals surface area contributed by atoms with Crippen molar-refractivity contribution >= 4 is 23.2 Å². The molecule has 11 heavy (non-hydrogen) atoms. The van der Waals surface area contributed by atoms with Crippen LogP contribution in [0.1, 0.15) is 12.1 Å². The number of imidazole rings is 1. The summed E-state index contributed by atoms with van der Waals surface area (Å²) in [4.78, 5) is 6.64. The summed E-state index contributed by atoms with van der Waals surface area (Å²) in [7, 11) is 0. The van der Waals surface area contributed by atoms with Gasteiger partial charge in [0.25, 0.3) is 0 Å². The zero-order valence-corrected chi connectivity index (χ0v) is 7.41. The number of halogens is 2. The van der Waals surface area contributed by atoms with Crippen molar-refractivity contribution in [1.82, 2.24) is 9.97 Å². The Hall–Kier alpha value is -0.250. The molecule has 0 saturated heterocycles. The number of hydrogen-bond acceptors (Lipinski definition) is 2. The second kappa shape index (κ2) is 3.95. The van der Waals surface area contributed by atoms with Crippen LogP contribution in [0.5, 0.6) is 0 Å². The lowest BCUT2D eigenvalue weighted by Gasteiger charge is -1.93. The van der Waals surface area contributed by atoms with Gasteiger partial charge in [-0.3, -0.25) is 0 Å². The fraction of sp³-hybridized carbons (Fsp3) is 0.500. The van der Waals surface area contributed by atoms with Crippen molar-refractivity contribution in [3.8, 4) is 0 Å². The maximum absolute atomic E-state index is 5.71. The molecule has 5 heteroatoms. The van der Waals surface area contributed by atoms with Gasteiger partial charge in [0.2, 0.25) is 5.28 Å². The van der Waals surface area contributed by atoms with Gasteiger partial charge in [0, 0.05) is 0 Å². The smallest absolute Gasteiger partial charge is 0.201 e. The predicted molar refractivity (Wildman–Crippen MR) is 46.0 cm³/mol. The van der Waals surface area contributed by atoms with Crippen LogP contribution in [0.25, 0.3) is 0 Å². The standard InChI is InChI=1S/C6H9Cl2N3/c7-5-4(2-1-3-9)10-6(8)11-5/h1-3,9H2,(H,10,11). The van der Waals surface area contributed by atoms with Gasteiger partial charge in [-0.2, -0.15) is 0 Å². The Morgan fingerprint density at radius 1 is 1.45 bits per heavy atom. The third-order valence-corrected chi connectivity index (χ3v) is 1.82. The van der Waals surface area contributed by atoms with Crippen LogP contribution in [0.2, 0.25) is 10.4 Å². The molecule has 0 radical (unpaired) electrons. The highest BCUT2D eigenvalue weighted by atomic mass is 35.5. The SMILES string of the molecule is NCCCc1[nH]c(Cl)nc1Cl. The summed E-state index contributed by atoms with van der Waals surface area (Å²) < 4.78 is 0. The van der Waals surface area contributed by atoms with Crippen LogP contribution in [-0.2, 0) is 6.42 Å². The Balaban J connectivity index is 2.62. The molecule has 3 nitrogen and oxygen atoms in total. The lowest BCUT2D eigenvalue weighted by Crippen LogP contribution is -2.00. The summed E-state index contributed by atoms with van der Waals surface area (Å²) in [6, 6.07) is 0. The first-order valence-corrected chi connectivity index (χ1v) is 4.09. The van der Waals surface area contributed by atoms with Gasteiger partial charge in [-0.05, 0) is 31.0 Å².